The topological polar surface area (TPSA) is 69.6 Å². The van der Waals surface area contributed by atoms with Gasteiger partial charge in [0.1, 0.15) is 0 Å². The molecule has 3 rings (SSSR count). The molecule has 0 atom stereocenters. The second-order valence-electron chi connectivity index (χ2n) is 4.50. The largest absolute Gasteiger partial charge is 0.398 e. The van der Waals surface area contributed by atoms with Gasteiger partial charge in [0.2, 0.25) is 0 Å². The van der Waals surface area contributed by atoms with Crippen LogP contribution in [0, 0.1) is 0 Å². The smallest absolute Gasteiger partial charge is 0.183 e. The van der Waals surface area contributed by atoms with Crippen LogP contribution >= 0.6 is 27.5 Å². The normalized spacial score (nSPS) is 10.8. The Morgan fingerprint density at radius 2 is 1.90 bits per heavy atom. The third-order valence-electron chi connectivity index (χ3n) is 3.05. The van der Waals surface area contributed by atoms with E-state index in [-0.39, 0.29) is 0 Å². The van der Waals surface area contributed by atoms with Crippen molar-refractivity contribution in [1.29, 1.82) is 0 Å². The number of benzene rings is 2. The number of nitrogens with two attached hydrogens (primary N) is 1. The molecule has 0 aliphatic carbocycles. The maximum Gasteiger partial charge on any atom is 0.183 e. The Morgan fingerprint density at radius 1 is 1.14 bits per heavy atom. The number of aromatic nitrogens is 4. The molecule has 1 aromatic heterocycles. The first-order chi connectivity index (χ1) is 10.1. The molecule has 3 aromatic rings. The standard InChI is InChI=1S/C14H11BrClN5/c15-13-11(2-1-3-12(13)17)14-18-19-20-21(14)8-9-4-6-10(16)7-5-9/h1-7H,8,17H2. The molecule has 0 saturated carbocycles. The number of rotatable bonds is 3. The molecule has 0 spiro atoms. The zero-order chi connectivity index (χ0) is 14.8. The molecule has 106 valence electrons. The molecule has 0 aliphatic rings. The zero-order valence-corrected chi connectivity index (χ0v) is 13.2. The van der Waals surface area contributed by atoms with Crippen molar-refractivity contribution in [2.45, 2.75) is 6.54 Å². The highest BCUT2D eigenvalue weighted by Crippen LogP contribution is 2.31. The fourth-order valence-corrected chi connectivity index (χ4v) is 2.56. The second-order valence-corrected chi connectivity index (χ2v) is 5.72. The van der Waals surface area contributed by atoms with E-state index >= 15 is 0 Å². The van der Waals surface area contributed by atoms with Crippen LogP contribution in [-0.2, 0) is 6.54 Å². The van der Waals surface area contributed by atoms with Gasteiger partial charge >= 0.3 is 0 Å². The minimum atomic E-state index is 0.556. The Bertz CT molecular complexity index is 769. The van der Waals surface area contributed by atoms with Crippen molar-refractivity contribution in [1.82, 2.24) is 20.2 Å². The average molecular weight is 365 g/mol. The van der Waals surface area contributed by atoms with E-state index < -0.39 is 0 Å². The minimum absolute atomic E-state index is 0.556. The molecule has 0 aliphatic heterocycles. The van der Waals surface area contributed by atoms with E-state index in [4.69, 9.17) is 17.3 Å². The van der Waals surface area contributed by atoms with Crippen LogP contribution in [-0.4, -0.2) is 20.2 Å². The van der Waals surface area contributed by atoms with Crippen LogP contribution in [0.4, 0.5) is 5.69 Å². The van der Waals surface area contributed by atoms with Crippen LogP contribution in [0.5, 0.6) is 0 Å². The number of nitrogens with zero attached hydrogens (tertiary/aromatic N) is 4. The van der Waals surface area contributed by atoms with Crippen molar-refractivity contribution < 1.29 is 0 Å². The molecule has 0 saturated heterocycles. The van der Waals surface area contributed by atoms with E-state index in [2.05, 4.69) is 31.5 Å². The summed E-state index contributed by atoms with van der Waals surface area (Å²) in [5.41, 5.74) is 8.47. The molecule has 2 N–H and O–H groups in total. The van der Waals surface area contributed by atoms with Crippen LogP contribution in [0.25, 0.3) is 11.4 Å². The fraction of sp³-hybridized carbons (Fsp3) is 0.0714. The van der Waals surface area contributed by atoms with E-state index in [1.54, 1.807) is 4.68 Å². The Morgan fingerprint density at radius 3 is 2.67 bits per heavy atom. The van der Waals surface area contributed by atoms with E-state index in [9.17, 15) is 0 Å². The van der Waals surface area contributed by atoms with Gasteiger partial charge in [-0.2, -0.15) is 0 Å². The lowest BCUT2D eigenvalue weighted by molar-refractivity contribution is 0.653. The monoisotopic (exact) mass is 363 g/mol. The molecule has 0 fully saturated rings. The van der Waals surface area contributed by atoms with Crippen molar-refractivity contribution >= 4 is 33.2 Å². The minimum Gasteiger partial charge on any atom is -0.398 e. The van der Waals surface area contributed by atoms with Crippen LogP contribution in [0.1, 0.15) is 5.56 Å². The number of hydrogen-bond acceptors (Lipinski definition) is 4. The highest BCUT2D eigenvalue weighted by Gasteiger charge is 2.13. The molecule has 7 heteroatoms. The van der Waals surface area contributed by atoms with Crippen molar-refractivity contribution in [3.8, 4) is 11.4 Å². The van der Waals surface area contributed by atoms with Gasteiger partial charge in [0.15, 0.2) is 5.82 Å². The molecule has 2 aromatic carbocycles. The molecule has 0 amide bonds. The first-order valence-corrected chi connectivity index (χ1v) is 7.37. The lowest BCUT2D eigenvalue weighted by Crippen LogP contribution is -2.05. The molecule has 5 nitrogen and oxygen atoms in total. The summed E-state index contributed by atoms with van der Waals surface area (Å²) in [6.07, 6.45) is 0. The number of anilines is 1. The molecule has 0 radical (unpaired) electrons. The Balaban J connectivity index is 1.97. The van der Waals surface area contributed by atoms with Crippen molar-refractivity contribution in [3.63, 3.8) is 0 Å². The summed E-state index contributed by atoms with van der Waals surface area (Å²) >= 11 is 9.37. The fourth-order valence-electron chi connectivity index (χ4n) is 1.99. The summed E-state index contributed by atoms with van der Waals surface area (Å²) in [7, 11) is 0. The van der Waals surface area contributed by atoms with Crippen LogP contribution in [0.3, 0.4) is 0 Å². The quantitative estimate of drug-likeness (QED) is 0.723. The van der Waals surface area contributed by atoms with E-state index in [0.29, 0.717) is 23.1 Å². The SMILES string of the molecule is Nc1cccc(-c2nnnn2Cc2ccc(Cl)cc2)c1Br. The summed E-state index contributed by atoms with van der Waals surface area (Å²) in [6, 6.07) is 13.2. The highest BCUT2D eigenvalue weighted by molar-refractivity contribution is 9.10. The first kappa shape index (κ1) is 14.0. The van der Waals surface area contributed by atoms with Gasteiger partial charge in [-0.25, -0.2) is 4.68 Å². The Labute approximate surface area is 134 Å². The molecule has 0 unspecified atom stereocenters. The van der Waals surface area contributed by atoms with Crippen LogP contribution in [0.15, 0.2) is 46.9 Å². The van der Waals surface area contributed by atoms with E-state index in [1.165, 1.54) is 0 Å². The van der Waals surface area contributed by atoms with Gasteiger partial charge in [0.25, 0.3) is 0 Å². The molecule has 1 heterocycles. The van der Waals surface area contributed by atoms with Gasteiger partial charge in [-0.05, 0) is 56.2 Å². The number of halogens is 2. The maximum atomic E-state index is 5.91. The van der Waals surface area contributed by atoms with Crippen molar-refractivity contribution in [3.05, 3.63) is 57.5 Å². The Kier molecular flexibility index (Phi) is 3.90. The molecular formula is C14H11BrClN5. The maximum absolute atomic E-state index is 5.91. The van der Waals surface area contributed by atoms with Gasteiger partial charge in [-0.15, -0.1) is 5.10 Å². The summed E-state index contributed by atoms with van der Waals surface area (Å²) in [6.45, 7) is 0.556. The Hall–Kier alpha value is -1.92. The van der Waals surface area contributed by atoms with Crippen molar-refractivity contribution in [2.75, 3.05) is 5.73 Å². The summed E-state index contributed by atoms with van der Waals surface area (Å²) in [4.78, 5) is 0. The number of hydrogen-bond donors (Lipinski definition) is 1. The molecule has 0 bridgehead atoms. The van der Waals surface area contributed by atoms with E-state index in [1.807, 2.05) is 42.5 Å². The summed E-state index contributed by atoms with van der Waals surface area (Å²) in [5, 5.41) is 12.6. The average Bonchev–Trinajstić information content (AvgIpc) is 2.92. The van der Waals surface area contributed by atoms with Gasteiger partial charge in [0.05, 0.1) is 11.0 Å². The van der Waals surface area contributed by atoms with Crippen LogP contribution in [0.2, 0.25) is 5.02 Å². The summed E-state index contributed by atoms with van der Waals surface area (Å²) in [5.74, 6) is 0.657. The van der Waals surface area contributed by atoms with Gasteiger partial charge in [0, 0.05) is 16.3 Å². The van der Waals surface area contributed by atoms with Crippen molar-refractivity contribution in [2.24, 2.45) is 0 Å². The van der Waals surface area contributed by atoms with Crippen LogP contribution < -0.4 is 5.73 Å². The number of nitrogen functional groups attached to an aromatic ring is 1. The predicted molar refractivity (Wildman–Crippen MR) is 85.9 cm³/mol. The highest BCUT2D eigenvalue weighted by atomic mass is 79.9. The molecule has 21 heavy (non-hydrogen) atoms. The van der Waals surface area contributed by atoms with Gasteiger partial charge in [-0.3, -0.25) is 0 Å². The lowest BCUT2D eigenvalue weighted by Gasteiger charge is -2.08. The first-order valence-electron chi connectivity index (χ1n) is 6.20. The third-order valence-corrected chi connectivity index (χ3v) is 4.18. The van der Waals surface area contributed by atoms with E-state index in [0.717, 1.165) is 15.6 Å². The van der Waals surface area contributed by atoms with Gasteiger partial charge in [-0.1, -0.05) is 29.8 Å². The zero-order valence-electron chi connectivity index (χ0n) is 10.9. The predicted octanol–water partition coefficient (Wildman–Crippen LogP) is 3.39. The molecular weight excluding hydrogens is 354 g/mol. The lowest BCUT2D eigenvalue weighted by atomic mass is 10.2. The summed E-state index contributed by atoms with van der Waals surface area (Å²) < 4.78 is 2.51. The number of tetrazole rings is 1. The third kappa shape index (κ3) is 2.91. The van der Waals surface area contributed by atoms with Gasteiger partial charge < -0.3 is 5.73 Å². The second kappa shape index (κ2) is 5.83.